The van der Waals surface area contributed by atoms with Crippen molar-refractivity contribution in [1.29, 1.82) is 0 Å². The molecule has 0 radical (unpaired) electrons. The quantitative estimate of drug-likeness (QED) is 0.455. The third kappa shape index (κ3) is 1.57. The average Bonchev–Trinajstić information content (AvgIpc) is 2.28. The lowest BCUT2D eigenvalue weighted by Gasteiger charge is -2.00. The first-order valence-electron chi connectivity index (χ1n) is 4.39. The number of hydrogen-bond acceptors (Lipinski definition) is 5. The lowest BCUT2D eigenvalue weighted by Crippen LogP contribution is -2.09. The summed E-state index contributed by atoms with van der Waals surface area (Å²) in [6.07, 6.45) is 1.63. The van der Waals surface area contributed by atoms with Crippen LogP contribution in [0.15, 0.2) is 38.6 Å². The Balaban J connectivity index is 2.94. The molecule has 0 bridgehead atoms. The summed E-state index contributed by atoms with van der Waals surface area (Å²) in [6, 6.07) is 6.47. The van der Waals surface area contributed by atoms with Gasteiger partial charge >= 0.3 is 5.69 Å². The second kappa shape index (κ2) is 3.97. The van der Waals surface area contributed by atoms with E-state index in [1.54, 1.807) is 24.5 Å². The summed E-state index contributed by atoms with van der Waals surface area (Å²) in [5.74, 6) is 0. The molecule has 0 amide bonds. The summed E-state index contributed by atoms with van der Waals surface area (Å²) in [5, 5.41) is 11.0. The zero-order chi connectivity index (χ0) is 11.7. The molecule has 0 spiro atoms. The van der Waals surface area contributed by atoms with E-state index >= 15 is 0 Å². The van der Waals surface area contributed by atoms with E-state index in [0.29, 0.717) is 5.58 Å². The third-order valence-electron chi connectivity index (χ3n) is 2.11. The Labute approximate surface area is 94.2 Å². The Morgan fingerprint density at radius 3 is 2.69 bits per heavy atom. The molecular formula is C10H7NO4S. The minimum atomic E-state index is -0.704. The first-order valence-corrected chi connectivity index (χ1v) is 5.62. The van der Waals surface area contributed by atoms with Crippen LogP contribution in [0.25, 0.3) is 11.0 Å². The van der Waals surface area contributed by atoms with Crippen LogP contribution in [0.1, 0.15) is 0 Å². The van der Waals surface area contributed by atoms with Crippen molar-refractivity contribution in [3.63, 3.8) is 0 Å². The van der Waals surface area contributed by atoms with Crippen LogP contribution in [0, 0.1) is 10.1 Å². The van der Waals surface area contributed by atoms with Gasteiger partial charge < -0.3 is 4.42 Å². The van der Waals surface area contributed by atoms with Crippen LogP contribution in [-0.2, 0) is 0 Å². The molecule has 1 aromatic carbocycles. The van der Waals surface area contributed by atoms with Gasteiger partial charge in [-0.2, -0.15) is 0 Å². The highest BCUT2D eigenvalue weighted by atomic mass is 32.2. The number of nitrogens with zero attached hydrogens (tertiary/aromatic N) is 1. The van der Waals surface area contributed by atoms with Gasteiger partial charge in [-0.25, -0.2) is 0 Å². The van der Waals surface area contributed by atoms with Crippen molar-refractivity contribution in [2.75, 3.05) is 6.26 Å². The highest BCUT2D eigenvalue weighted by Gasteiger charge is 2.23. The molecule has 2 aromatic rings. The first kappa shape index (κ1) is 10.7. The summed E-state index contributed by atoms with van der Waals surface area (Å²) < 4.78 is 5.31. The van der Waals surface area contributed by atoms with Crippen molar-refractivity contribution in [1.82, 2.24) is 0 Å². The molecule has 16 heavy (non-hydrogen) atoms. The Morgan fingerprint density at radius 1 is 1.38 bits per heavy atom. The van der Waals surface area contributed by atoms with Crippen LogP contribution in [0.4, 0.5) is 5.69 Å². The van der Waals surface area contributed by atoms with Crippen molar-refractivity contribution in [2.45, 2.75) is 5.09 Å². The van der Waals surface area contributed by atoms with E-state index in [9.17, 15) is 14.9 Å². The van der Waals surface area contributed by atoms with Gasteiger partial charge in [0, 0.05) is 0 Å². The van der Waals surface area contributed by atoms with Gasteiger partial charge in [0.2, 0.25) is 5.09 Å². The largest absolute Gasteiger partial charge is 0.442 e. The molecule has 0 aliphatic rings. The van der Waals surface area contributed by atoms with Crippen molar-refractivity contribution < 1.29 is 9.34 Å². The molecule has 0 unspecified atom stereocenters. The van der Waals surface area contributed by atoms with Crippen LogP contribution in [0.3, 0.4) is 0 Å². The van der Waals surface area contributed by atoms with Crippen LogP contribution >= 0.6 is 11.8 Å². The average molecular weight is 237 g/mol. The van der Waals surface area contributed by atoms with Crippen LogP contribution < -0.4 is 5.43 Å². The molecule has 0 saturated carbocycles. The van der Waals surface area contributed by atoms with Crippen molar-refractivity contribution >= 4 is 28.4 Å². The Hall–Kier alpha value is -1.82. The molecule has 0 aliphatic heterocycles. The molecule has 0 atom stereocenters. The second-order valence-electron chi connectivity index (χ2n) is 3.02. The second-order valence-corrected chi connectivity index (χ2v) is 3.80. The predicted octanol–water partition coefficient (Wildman–Crippen LogP) is 2.42. The molecule has 0 N–H and O–H groups in total. The summed E-state index contributed by atoms with van der Waals surface area (Å²) in [6.45, 7) is 0. The maximum absolute atomic E-state index is 11.8. The Bertz CT molecular complexity index is 620. The zero-order valence-electron chi connectivity index (χ0n) is 8.30. The number of nitro groups is 1. The molecule has 5 nitrogen and oxygen atoms in total. The van der Waals surface area contributed by atoms with E-state index in [1.807, 2.05) is 0 Å². The van der Waals surface area contributed by atoms with E-state index in [-0.39, 0.29) is 10.5 Å². The van der Waals surface area contributed by atoms with Crippen molar-refractivity contribution in [3.8, 4) is 0 Å². The van der Waals surface area contributed by atoms with Crippen molar-refractivity contribution in [3.05, 3.63) is 44.6 Å². The summed E-state index contributed by atoms with van der Waals surface area (Å²) in [4.78, 5) is 21.9. The van der Waals surface area contributed by atoms with Crippen LogP contribution in [-0.4, -0.2) is 11.2 Å². The summed E-state index contributed by atoms with van der Waals surface area (Å²) in [5.41, 5.74) is -0.732. The van der Waals surface area contributed by atoms with E-state index < -0.39 is 16.0 Å². The fourth-order valence-corrected chi connectivity index (χ4v) is 1.94. The van der Waals surface area contributed by atoms with Gasteiger partial charge in [-0.05, 0) is 18.4 Å². The van der Waals surface area contributed by atoms with Crippen LogP contribution in [0.2, 0.25) is 0 Å². The Morgan fingerprint density at radius 2 is 2.06 bits per heavy atom. The summed E-state index contributed by atoms with van der Waals surface area (Å²) >= 11 is 1.04. The SMILES string of the molecule is CSc1oc2ccccc2c(=O)c1[N+](=O)[O-]. The van der Waals surface area contributed by atoms with Crippen LogP contribution in [0.5, 0.6) is 0 Å². The minimum Gasteiger partial charge on any atom is -0.442 e. The lowest BCUT2D eigenvalue weighted by atomic mass is 10.2. The van der Waals surface area contributed by atoms with Gasteiger partial charge in [0.1, 0.15) is 5.58 Å². The highest BCUT2D eigenvalue weighted by molar-refractivity contribution is 7.98. The first-order chi connectivity index (χ1) is 7.65. The monoisotopic (exact) mass is 237 g/mol. The van der Waals surface area contributed by atoms with E-state index in [1.165, 1.54) is 6.07 Å². The van der Waals surface area contributed by atoms with E-state index in [2.05, 4.69) is 0 Å². The van der Waals surface area contributed by atoms with Gasteiger partial charge in [0.05, 0.1) is 10.3 Å². The van der Waals surface area contributed by atoms with E-state index in [0.717, 1.165) is 11.8 Å². The molecule has 0 aliphatic carbocycles. The number of rotatable bonds is 2. The van der Waals surface area contributed by atoms with Crippen molar-refractivity contribution in [2.24, 2.45) is 0 Å². The van der Waals surface area contributed by atoms with Gasteiger partial charge in [-0.3, -0.25) is 14.9 Å². The number of para-hydroxylation sites is 1. The predicted molar refractivity (Wildman–Crippen MR) is 60.9 cm³/mol. The molecule has 0 saturated heterocycles. The molecule has 82 valence electrons. The summed E-state index contributed by atoms with van der Waals surface area (Å²) in [7, 11) is 0. The molecular weight excluding hydrogens is 230 g/mol. The fourth-order valence-electron chi connectivity index (χ4n) is 1.41. The normalized spacial score (nSPS) is 10.6. The fraction of sp³-hybridized carbons (Fsp3) is 0.100. The number of thioether (sulfide) groups is 1. The van der Waals surface area contributed by atoms with Gasteiger partial charge in [-0.15, -0.1) is 0 Å². The minimum absolute atomic E-state index is 0.0358. The molecule has 1 aromatic heterocycles. The molecule has 2 rings (SSSR count). The molecule has 0 fully saturated rings. The standard InChI is InChI=1S/C10H7NO4S/c1-16-10-8(11(13)14)9(12)6-4-2-3-5-7(6)15-10/h2-5H,1H3. The molecule has 1 heterocycles. The maximum Gasteiger partial charge on any atom is 0.365 e. The maximum atomic E-state index is 11.8. The zero-order valence-corrected chi connectivity index (χ0v) is 9.11. The highest BCUT2D eigenvalue weighted by Crippen LogP contribution is 2.27. The number of benzene rings is 1. The van der Waals surface area contributed by atoms with Gasteiger partial charge in [-0.1, -0.05) is 23.9 Å². The van der Waals surface area contributed by atoms with Gasteiger partial charge in [0.25, 0.3) is 5.43 Å². The third-order valence-corrected chi connectivity index (χ3v) is 2.76. The smallest absolute Gasteiger partial charge is 0.365 e. The molecule has 6 heteroatoms. The number of hydrogen-bond donors (Lipinski definition) is 0. The Kier molecular flexibility index (Phi) is 2.66. The van der Waals surface area contributed by atoms with E-state index in [4.69, 9.17) is 4.42 Å². The topological polar surface area (TPSA) is 73.3 Å². The van der Waals surface area contributed by atoms with Gasteiger partial charge in [0.15, 0.2) is 0 Å². The number of fused-ring (bicyclic) bond motifs is 1. The lowest BCUT2D eigenvalue weighted by molar-refractivity contribution is -0.390.